The molecule has 0 aromatic rings. The first-order chi connectivity index (χ1) is 13.6. The summed E-state index contributed by atoms with van der Waals surface area (Å²) in [5.41, 5.74) is 2.66. The number of aliphatic hydroxyl groups excluding tert-OH is 2. The van der Waals surface area contributed by atoms with E-state index in [2.05, 4.69) is 26.0 Å². The molecule has 3 nitrogen and oxygen atoms in total. The number of hydrogen-bond donors (Lipinski definition) is 3. The average Bonchev–Trinajstić information content (AvgIpc) is 2.95. The van der Waals surface area contributed by atoms with Crippen molar-refractivity contribution in [3.8, 4) is 0 Å². The van der Waals surface area contributed by atoms with Crippen LogP contribution >= 0.6 is 0 Å². The molecule has 6 atom stereocenters. The number of hydrogen-bond acceptors (Lipinski definition) is 3. The molecule has 3 fully saturated rings. The Balaban J connectivity index is 1.66. The van der Waals surface area contributed by atoms with Crippen molar-refractivity contribution in [2.75, 3.05) is 0 Å². The molecule has 0 aromatic carbocycles. The summed E-state index contributed by atoms with van der Waals surface area (Å²) < 4.78 is 0. The Morgan fingerprint density at radius 1 is 1.14 bits per heavy atom. The molecule has 3 rings (SSSR count). The highest BCUT2D eigenvalue weighted by Crippen LogP contribution is 2.59. The fourth-order valence-corrected chi connectivity index (χ4v) is 6.80. The first kappa shape index (κ1) is 23.0. The molecule has 0 radical (unpaired) electrons. The van der Waals surface area contributed by atoms with Crippen LogP contribution in [0.4, 0.5) is 0 Å². The summed E-state index contributed by atoms with van der Waals surface area (Å²) >= 11 is 0. The van der Waals surface area contributed by atoms with Crippen molar-refractivity contribution in [2.24, 2.45) is 23.2 Å². The van der Waals surface area contributed by atoms with E-state index in [0.29, 0.717) is 36.5 Å². The van der Waals surface area contributed by atoms with Crippen LogP contribution in [0.5, 0.6) is 0 Å². The molecule has 0 bridgehead atoms. The zero-order chi connectivity index (χ0) is 21.2. The van der Waals surface area contributed by atoms with Crippen LogP contribution in [-0.2, 0) is 0 Å². The molecular weight excluding hydrogens is 360 g/mol. The zero-order valence-electron chi connectivity index (χ0n) is 19.2. The molecule has 29 heavy (non-hydrogen) atoms. The van der Waals surface area contributed by atoms with Gasteiger partial charge >= 0.3 is 0 Å². The van der Waals surface area contributed by atoms with E-state index < -0.39 is 5.60 Å². The standard InChI is InChI=1S/C26H44O3/c1-18(7-5-13-25(2,3)29)23-11-12-24-20(8-6-14-26(23,24)4)10-9-19-15-21(27)17-22(28)16-19/h9-10,18,21-24,27-29H,5-8,11-17H2,1-4H3/b19-9?,20-10+. The maximum absolute atomic E-state index is 10.0. The van der Waals surface area contributed by atoms with Crippen LogP contribution in [0.2, 0.25) is 0 Å². The number of aliphatic hydroxyl groups is 3. The lowest BCUT2D eigenvalue weighted by Crippen LogP contribution is -2.36. The van der Waals surface area contributed by atoms with Crippen LogP contribution in [0.1, 0.15) is 98.3 Å². The monoisotopic (exact) mass is 404 g/mol. The van der Waals surface area contributed by atoms with Crippen LogP contribution in [0.25, 0.3) is 0 Å². The van der Waals surface area contributed by atoms with Crippen LogP contribution < -0.4 is 0 Å². The molecule has 0 heterocycles. The van der Waals surface area contributed by atoms with Gasteiger partial charge in [-0.3, -0.25) is 0 Å². The van der Waals surface area contributed by atoms with E-state index in [1.54, 1.807) is 5.57 Å². The first-order valence-corrected chi connectivity index (χ1v) is 12.1. The topological polar surface area (TPSA) is 60.7 Å². The van der Waals surface area contributed by atoms with E-state index in [1.165, 1.54) is 44.1 Å². The highest BCUT2D eigenvalue weighted by molar-refractivity contribution is 5.26. The summed E-state index contributed by atoms with van der Waals surface area (Å²) in [6, 6.07) is 0. The largest absolute Gasteiger partial charge is 0.393 e. The van der Waals surface area contributed by atoms with E-state index in [-0.39, 0.29) is 12.2 Å². The first-order valence-electron chi connectivity index (χ1n) is 12.1. The molecule has 0 amide bonds. The minimum atomic E-state index is -0.545. The number of fused-ring (bicyclic) bond motifs is 1. The fraction of sp³-hybridized carbons (Fsp3) is 0.846. The molecule has 3 aliphatic carbocycles. The van der Waals surface area contributed by atoms with Crippen molar-refractivity contribution in [1.82, 2.24) is 0 Å². The maximum Gasteiger partial charge on any atom is 0.0602 e. The second-order valence-corrected chi connectivity index (χ2v) is 11.3. The van der Waals surface area contributed by atoms with Crippen molar-refractivity contribution >= 4 is 0 Å². The van der Waals surface area contributed by atoms with E-state index in [1.807, 2.05) is 13.8 Å². The lowest BCUT2D eigenvalue weighted by molar-refractivity contribution is 0.0591. The van der Waals surface area contributed by atoms with Gasteiger partial charge in [0.15, 0.2) is 0 Å². The summed E-state index contributed by atoms with van der Waals surface area (Å²) in [6.45, 7) is 8.81. The Hall–Kier alpha value is -0.640. The second kappa shape index (κ2) is 9.24. The molecule has 3 heteroatoms. The van der Waals surface area contributed by atoms with E-state index in [9.17, 15) is 15.3 Å². The van der Waals surface area contributed by atoms with Gasteiger partial charge in [0.2, 0.25) is 0 Å². The Morgan fingerprint density at radius 3 is 2.48 bits per heavy atom. The highest BCUT2D eigenvalue weighted by atomic mass is 16.3. The third-order valence-electron chi connectivity index (χ3n) is 8.25. The van der Waals surface area contributed by atoms with Gasteiger partial charge in [-0.15, -0.1) is 0 Å². The maximum atomic E-state index is 10.0. The molecule has 3 aliphatic rings. The van der Waals surface area contributed by atoms with Gasteiger partial charge in [-0.2, -0.15) is 0 Å². The second-order valence-electron chi connectivity index (χ2n) is 11.3. The highest BCUT2D eigenvalue weighted by Gasteiger charge is 2.50. The summed E-state index contributed by atoms with van der Waals surface area (Å²) in [7, 11) is 0. The third kappa shape index (κ3) is 5.74. The number of allylic oxidation sites excluding steroid dienone is 3. The molecule has 0 aliphatic heterocycles. The molecule has 0 saturated heterocycles. The third-order valence-corrected chi connectivity index (χ3v) is 8.25. The summed E-state index contributed by atoms with van der Waals surface area (Å²) in [6.07, 6.45) is 15.4. The van der Waals surface area contributed by atoms with Crippen LogP contribution in [0.15, 0.2) is 23.3 Å². The number of rotatable bonds is 6. The van der Waals surface area contributed by atoms with E-state index in [4.69, 9.17) is 0 Å². The predicted molar refractivity (Wildman–Crippen MR) is 120 cm³/mol. The summed E-state index contributed by atoms with van der Waals surface area (Å²) in [4.78, 5) is 0. The summed E-state index contributed by atoms with van der Waals surface area (Å²) in [5.74, 6) is 2.19. The average molecular weight is 405 g/mol. The Labute approximate surface area is 178 Å². The van der Waals surface area contributed by atoms with Gasteiger partial charge in [0, 0.05) is 0 Å². The Kier molecular flexibility index (Phi) is 7.34. The zero-order valence-corrected chi connectivity index (χ0v) is 19.2. The molecule has 166 valence electrons. The van der Waals surface area contributed by atoms with E-state index in [0.717, 1.165) is 18.8 Å². The van der Waals surface area contributed by atoms with Crippen LogP contribution in [0, 0.1) is 23.2 Å². The molecule has 3 N–H and O–H groups in total. The predicted octanol–water partition coefficient (Wildman–Crippen LogP) is 5.54. The molecule has 0 aromatic heterocycles. The Morgan fingerprint density at radius 2 is 1.83 bits per heavy atom. The minimum absolute atomic E-state index is 0.388. The van der Waals surface area contributed by atoms with Gasteiger partial charge in [-0.05, 0) is 94.8 Å². The molecular formula is C26H44O3. The van der Waals surface area contributed by atoms with Gasteiger partial charge in [-0.25, -0.2) is 0 Å². The van der Waals surface area contributed by atoms with Crippen molar-refractivity contribution in [3.05, 3.63) is 23.3 Å². The van der Waals surface area contributed by atoms with Crippen molar-refractivity contribution in [2.45, 2.75) is 116 Å². The van der Waals surface area contributed by atoms with Gasteiger partial charge in [-0.1, -0.05) is 50.0 Å². The normalized spacial score (nSPS) is 38.2. The van der Waals surface area contributed by atoms with Gasteiger partial charge in [0.25, 0.3) is 0 Å². The molecule has 3 saturated carbocycles. The van der Waals surface area contributed by atoms with Crippen molar-refractivity contribution < 1.29 is 15.3 Å². The van der Waals surface area contributed by atoms with Gasteiger partial charge < -0.3 is 15.3 Å². The Bertz CT molecular complexity index is 602. The van der Waals surface area contributed by atoms with Crippen LogP contribution in [-0.4, -0.2) is 33.1 Å². The summed E-state index contributed by atoms with van der Waals surface area (Å²) in [5, 5.41) is 29.9. The molecule has 0 spiro atoms. The lowest BCUT2D eigenvalue weighted by Gasteiger charge is -2.44. The minimum Gasteiger partial charge on any atom is -0.393 e. The van der Waals surface area contributed by atoms with Crippen molar-refractivity contribution in [1.29, 1.82) is 0 Å². The van der Waals surface area contributed by atoms with E-state index >= 15 is 0 Å². The molecule has 6 unspecified atom stereocenters. The van der Waals surface area contributed by atoms with Gasteiger partial charge in [0.1, 0.15) is 0 Å². The smallest absolute Gasteiger partial charge is 0.0602 e. The quantitative estimate of drug-likeness (QED) is 0.545. The fourth-order valence-electron chi connectivity index (χ4n) is 6.80. The van der Waals surface area contributed by atoms with Gasteiger partial charge in [0.05, 0.1) is 17.8 Å². The van der Waals surface area contributed by atoms with Crippen molar-refractivity contribution in [3.63, 3.8) is 0 Å². The lowest BCUT2D eigenvalue weighted by atomic mass is 9.60. The van der Waals surface area contributed by atoms with Crippen LogP contribution in [0.3, 0.4) is 0 Å². The SMILES string of the molecule is CC(CCCC(C)(C)O)C1CCC2/C(=C/C=C3CC(O)CC(O)C3)CCCC21C.